The summed E-state index contributed by atoms with van der Waals surface area (Å²) in [5.41, 5.74) is 0.959. The number of nitrogens with one attached hydrogen (secondary N) is 1. The first-order valence-corrected chi connectivity index (χ1v) is 9.19. The number of halogens is 1. The molecule has 2 unspecified atom stereocenters. The van der Waals surface area contributed by atoms with Gasteiger partial charge in [0.15, 0.2) is 11.8 Å². The van der Waals surface area contributed by atoms with Crippen molar-refractivity contribution in [1.29, 1.82) is 0 Å². The van der Waals surface area contributed by atoms with E-state index in [4.69, 9.17) is 21.1 Å². The molecule has 2 aromatic carbocycles. The molecule has 0 radical (unpaired) electrons. The molecule has 1 N–H and O–H groups in total. The molecule has 2 aliphatic rings. The van der Waals surface area contributed by atoms with Crippen LogP contribution in [0.5, 0.6) is 0 Å². The fourth-order valence-corrected chi connectivity index (χ4v) is 4.02. The molecule has 0 spiro atoms. The van der Waals surface area contributed by atoms with Gasteiger partial charge in [-0.2, -0.15) is 0 Å². The van der Waals surface area contributed by atoms with Crippen LogP contribution in [0.25, 0.3) is 0 Å². The quantitative estimate of drug-likeness (QED) is 0.649. The van der Waals surface area contributed by atoms with Crippen molar-refractivity contribution in [1.82, 2.24) is 4.90 Å². The second-order valence-corrected chi connectivity index (χ2v) is 6.82. The third-order valence-corrected chi connectivity index (χ3v) is 5.12. The highest BCUT2D eigenvalue weighted by Crippen LogP contribution is 2.47. The molecule has 1 amide bonds. The smallest absolute Gasteiger partial charge is 0.333 e. The predicted molar refractivity (Wildman–Crippen MR) is 100 cm³/mol. The van der Waals surface area contributed by atoms with E-state index in [9.17, 15) is 9.59 Å². The summed E-state index contributed by atoms with van der Waals surface area (Å²) >= 11 is 6.28. The van der Waals surface area contributed by atoms with Gasteiger partial charge in [-0.15, -0.1) is 0 Å². The molecule has 0 saturated carbocycles. The van der Waals surface area contributed by atoms with Crippen molar-refractivity contribution in [3.63, 3.8) is 0 Å². The van der Waals surface area contributed by atoms with E-state index in [0.29, 0.717) is 29.4 Å². The largest absolute Gasteiger partial charge is 0.464 e. The normalized spacial score (nSPS) is 24.5. The van der Waals surface area contributed by atoms with E-state index in [0.717, 1.165) is 5.56 Å². The number of hydrogen-bond donors (Lipinski definition) is 1. The number of ether oxygens (including phenoxy) is 2. The third-order valence-electron chi connectivity index (χ3n) is 4.89. The molecule has 1 fully saturated rings. The molecule has 2 aromatic rings. The number of benzene rings is 2. The van der Waals surface area contributed by atoms with Crippen molar-refractivity contribution >= 4 is 29.2 Å². The summed E-state index contributed by atoms with van der Waals surface area (Å²) in [6, 6.07) is 13.6. The van der Waals surface area contributed by atoms with E-state index in [1.54, 1.807) is 30.0 Å². The van der Waals surface area contributed by atoms with Gasteiger partial charge in [-0.1, -0.05) is 41.9 Å². The summed E-state index contributed by atoms with van der Waals surface area (Å²) in [7, 11) is 0. The third kappa shape index (κ3) is 2.81. The van der Waals surface area contributed by atoms with Crippen molar-refractivity contribution in [3.05, 3.63) is 64.7 Å². The second-order valence-electron chi connectivity index (χ2n) is 6.39. The molecule has 2 atom stereocenters. The Kier molecular flexibility index (Phi) is 4.63. The fraction of sp³-hybridized carbons (Fsp3) is 0.300. The van der Waals surface area contributed by atoms with Gasteiger partial charge in [-0.05, 0) is 25.1 Å². The lowest BCUT2D eigenvalue weighted by Gasteiger charge is -2.39. The number of carbonyl (C=O) groups excluding carboxylic acids is 2. The molecule has 6 nitrogen and oxygen atoms in total. The van der Waals surface area contributed by atoms with E-state index in [2.05, 4.69) is 5.32 Å². The molecule has 2 aliphatic heterocycles. The van der Waals surface area contributed by atoms with Gasteiger partial charge in [-0.3, -0.25) is 4.79 Å². The second kappa shape index (κ2) is 6.96. The van der Waals surface area contributed by atoms with E-state index >= 15 is 0 Å². The van der Waals surface area contributed by atoms with Gasteiger partial charge in [-0.25, -0.2) is 9.69 Å². The number of amides is 1. The van der Waals surface area contributed by atoms with Crippen molar-refractivity contribution in [3.8, 4) is 0 Å². The molecule has 1 saturated heterocycles. The van der Waals surface area contributed by atoms with Gasteiger partial charge < -0.3 is 14.8 Å². The Morgan fingerprint density at radius 2 is 2.11 bits per heavy atom. The summed E-state index contributed by atoms with van der Waals surface area (Å²) in [6.45, 7) is 2.67. The number of anilines is 1. The van der Waals surface area contributed by atoms with Crippen molar-refractivity contribution in [2.24, 2.45) is 0 Å². The van der Waals surface area contributed by atoms with Crippen LogP contribution in [-0.2, 0) is 24.8 Å². The molecule has 140 valence electrons. The summed E-state index contributed by atoms with van der Waals surface area (Å²) in [5, 5.41) is 3.36. The first-order valence-electron chi connectivity index (χ1n) is 8.81. The van der Waals surface area contributed by atoms with E-state index in [-0.39, 0.29) is 6.61 Å². The highest BCUT2D eigenvalue weighted by atomic mass is 35.5. The fourth-order valence-electron chi connectivity index (χ4n) is 3.85. The Hall–Kier alpha value is -2.41. The minimum atomic E-state index is -1.13. The lowest BCUT2D eigenvalue weighted by molar-refractivity contribution is -0.159. The van der Waals surface area contributed by atoms with Gasteiger partial charge >= 0.3 is 5.97 Å². The Bertz CT molecular complexity index is 889. The van der Waals surface area contributed by atoms with Gasteiger partial charge in [0.1, 0.15) is 0 Å². The zero-order valence-electron chi connectivity index (χ0n) is 14.8. The van der Waals surface area contributed by atoms with Gasteiger partial charge in [0, 0.05) is 28.4 Å². The van der Waals surface area contributed by atoms with E-state index < -0.39 is 23.6 Å². The number of esters is 1. The molecule has 0 bridgehead atoms. The minimum Gasteiger partial charge on any atom is -0.464 e. The maximum atomic E-state index is 13.0. The van der Waals surface area contributed by atoms with Crippen LogP contribution in [0, 0.1) is 0 Å². The lowest BCUT2D eigenvalue weighted by Crippen LogP contribution is -2.55. The van der Waals surface area contributed by atoms with Crippen LogP contribution in [-0.4, -0.2) is 42.6 Å². The Labute approximate surface area is 162 Å². The van der Waals surface area contributed by atoms with Gasteiger partial charge in [0.25, 0.3) is 5.91 Å². The molecule has 4 rings (SSSR count). The highest BCUT2D eigenvalue weighted by Gasteiger charge is 2.55. The number of hydrogen-bond acceptors (Lipinski definition) is 5. The van der Waals surface area contributed by atoms with Crippen molar-refractivity contribution in [2.75, 3.05) is 25.1 Å². The maximum Gasteiger partial charge on any atom is 0.333 e. The summed E-state index contributed by atoms with van der Waals surface area (Å²) in [5.74, 6) is -1.04. The number of carbonyl (C=O) groups is 2. The molecule has 27 heavy (non-hydrogen) atoms. The SMILES string of the molecule is CCOC(=O)C1C(=O)Nc2ccc(Cl)cc2C2(c3ccccc3)OCCN12. The van der Waals surface area contributed by atoms with Crippen molar-refractivity contribution < 1.29 is 19.1 Å². The Morgan fingerprint density at radius 1 is 1.33 bits per heavy atom. The molecular formula is C20H19ClN2O4. The summed E-state index contributed by atoms with van der Waals surface area (Å²) in [6.07, 6.45) is 0. The number of fused-ring (bicyclic) bond motifs is 3. The van der Waals surface area contributed by atoms with Crippen LogP contribution in [0.2, 0.25) is 5.02 Å². The lowest BCUT2D eigenvalue weighted by atomic mass is 9.91. The topological polar surface area (TPSA) is 67.9 Å². The number of rotatable bonds is 3. The molecule has 7 heteroatoms. The number of nitrogens with zero attached hydrogens (tertiary/aromatic N) is 1. The van der Waals surface area contributed by atoms with E-state index in [1.807, 2.05) is 30.3 Å². The summed E-state index contributed by atoms with van der Waals surface area (Å²) < 4.78 is 11.5. The zero-order valence-corrected chi connectivity index (χ0v) is 15.5. The van der Waals surface area contributed by atoms with Gasteiger partial charge in [0.2, 0.25) is 0 Å². The zero-order chi connectivity index (χ0) is 19.0. The predicted octanol–water partition coefficient (Wildman–Crippen LogP) is 2.76. The van der Waals surface area contributed by atoms with Crippen LogP contribution in [0.4, 0.5) is 5.69 Å². The summed E-state index contributed by atoms with van der Waals surface area (Å²) in [4.78, 5) is 27.4. The average molecular weight is 387 g/mol. The molecule has 0 aromatic heterocycles. The Morgan fingerprint density at radius 3 is 2.85 bits per heavy atom. The van der Waals surface area contributed by atoms with Crippen LogP contribution >= 0.6 is 11.6 Å². The maximum absolute atomic E-state index is 13.0. The van der Waals surface area contributed by atoms with Gasteiger partial charge in [0.05, 0.1) is 13.2 Å². The van der Waals surface area contributed by atoms with Crippen molar-refractivity contribution in [2.45, 2.75) is 18.7 Å². The molecule has 0 aliphatic carbocycles. The monoisotopic (exact) mass is 386 g/mol. The first kappa shape index (κ1) is 18.0. The van der Waals surface area contributed by atoms with Crippen LogP contribution in [0.1, 0.15) is 18.1 Å². The average Bonchev–Trinajstić information content (AvgIpc) is 3.06. The molecular weight excluding hydrogens is 368 g/mol. The molecule has 2 heterocycles. The van der Waals surface area contributed by atoms with E-state index in [1.165, 1.54) is 0 Å². The first-order chi connectivity index (χ1) is 13.1. The highest BCUT2D eigenvalue weighted by molar-refractivity contribution is 6.30. The standard InChI is InChI=1S/C20H19ClN2O4/c1-2-26-19(25)17-18(24)22-16-9-8-14(21)12-15(16)20(23(17)10-11-27-20)13-6-4-3-5-7-13/h3-9,12,17H,2,10-11H2,1H3,(H,22,24). The minimum absolute atomic E-state index is 0.189. The van der Waals surface area contributed by atoms with Crippen LogP contribution in [0.15, 0.2) is 48.5 Å². The Balaban J connectivity index is 1.98. The van der Waals surface area contributed by atoms with Crippen LogP contribution in [0.3, 0.4) is 0 Å². The van der Waals surface area contributed by atoms with Crippen LogP contribution < -0.4 is 5.32 Å².